The van der Waals surface area contributed by atoms with Crippen LogP contribution in [0.25, 0.3) is 0 Å². The number of halogens is 1. The van der Waals surface area contributed by atoms with E-state index >= 15 is 0 Å². The molecule has 2 amide bonds. The number of piperidine rings is 1. The Morgan fingerprint density at radius 3 is 2.72 bits per heavy atom. The van der Waals surface area contributed by atoms with Gasteiger partial charge in [-0.05, 0) is 38.8 Å². The van der Waals surface area contributed by atoms with Crippen LogP contribution in [0, 0.1) is 12.8 Å². The van der Waals surface area contributed by atoms with Crippen LogP contribution in [0.5, 0.6) is 0 Å². The van der Waals surface area contributed by atoms with Gasteiger partial charge >= 0.3 is 0 Å². The normalized spacial score (nSPS) is 26.2. The average molecular weight is 366 g/mol. The molecule has 2 heterocycles. The molecule has 1 aromatic rings. The van der Waals surface area contributed by atoms with Crippen LogP contribution in [0.4, 0.5) is 0 Å². The fraction of sp³-hybridized carbons (Fsp3) is 0.579. The van der Waals surface area contributed by atoms with Crippen molar-refractivity contribution in [3.8, 4) is 0 Å². The zero-order valence-corrected chi connectivity index (χ0v) is 15.8. The van der Waals surface area contributed by atoms with E-state index in [0.717, 1.165) is 24.9 Å². The van der Waals surface area contributed by atoms with Crippen LogP contribution in [-0.4, -0.2) is 41.9 Å². The summed E-state index contributed by atoms with van der Waals surface area (Å²) in [7, 11) is 0. The van der Waals surface area contributed by atoms with E-state index < -0.39 is 0 Å². The van der Waals surface area contributed by atoms with E-state index in [-0.39, 0.29) is 36.2 Å². The van der Waals surface area contributed by atoms with Gasteiger partial charge in [0, 0.05) is 31.6 Å². The number of nitrogens with zero attached hydrogens (tertiary/aromatic N) is 1. The van der Waals surface area contributed by atoms with E-state index in [1.165, 1.54) is 5.56 Å². The molecule has 0 spiro atoms. The summed E-state index contributed by atoms with van der Waals surface area (Å²) in [5.74, 6) is -0.101. The largest absolute Gasteiger partial charge is 0.353 e. The predicted octanol–water partition coefficient (Wildman–Crippen LogP) is 2.02. The van der Waals surface area contributed by atoms with Crippen LogP contribution >= 0.6 is 12.4 Å². The Labute approximate surface area is 155 Å². The van der Waals surface area contributed by atoms with E-state index in [2.05, 4.69) is 29.7 Å². The first-order valence-corrected chi connectivity index (χ1v) is 8.88. The molecule has 0 aromatic heterocycles. The maximum atomic E-state index is 12.5. The molecule has 0 aliphatic carbocycles. The summed E-state index contributed by atoms with van der Waals surface area (Å²) >= 11 is 0. The molecule has 0 saturated carbocycles. The number of nitrogens with one attached hydrogen (secondary N) is 2. The Balaban J connectivity index is 0.00000225. The third-order valence-electron chi connectivity index (χ3n) is 5.05. The highest BCUT2D eigenvalue weighted by molar-refractivity contribution is 5.89. The van der Waals surface area contributed by atoms with Crippen molar-refractivity contribution in [3.63, 3.8) is 0 Å². The first-order valence-electron chi connectivity index (χ1n) is 8.88. The molecule has 1 aromatic carbocycles. The topological polar surface area (TPSA) is 61.4 Å². The van der Waals surface area contributed by atoms with Crippen molar-refractivity contribution < 1.29 is 9.59 Å². The lowest BCUT2D eigenvalue weighted by Gasteiger charge is -2.29. The predicted molar refractivity (Wildman–Crippen MR) is 101 cm³/mol. The maximum Gasteiger partial charge on any atom is 0.225 e. The third-order valence-corrected chi connectivity index (χ3v) is 5.05. The molecule has 2 aliphatic rings. The van der Waals surface area contributed by atoms with Crippen molar-refractivity contribution in [2.75, 3.05) is 13.1 Å². The number of carbonyl (C=O) groups excluding carboxylic acids is 2. The molecular weight excluding hydrogens is 338 g/mol. The Hall–Kier alpha value is -1.59. The standard InChI is InChI=1S/C19H27N3O2.ClH/c1-13-3-5-15(6-4-13)11-22-12-16(10-18(22)23)19(24)21-17-7-8-20-14(2)9-17;/h3-6,14,16-17,20H,7-12H2,1-2H3,(H,21,24);1H. The van der Waals surface area contributed by atoms with Crippen LogP contribution in [0.3, 0.4) is 0 Å². The quantitative estimate of drug-likeness (QED) is 0.858. The van der Waals surface area contributed by atoms with Gasteiger partial charge in [-0.15, -0.1) is 12.4 Å². The van der Waals surface area contributed by atoms with Gasteiger partial charge in [0.1, 0.15) is 0 Å². The minimum absolute atomic E-state index is 0. The first-order chi connectivity index (χ1) is 11.5. The second kappa shape index (κ2) is 8.68. The van der Waals surface area contributed by atoms with Crippen LogP contribution in [-0.2, 0) is 16.1 Å². The first kappa shape index (κ1) is 19.7. The number of benzene rings is 1. The molecule has 2 fully saturated rings. The van der Waals surface area contributed by atoms with Crippen LogP contribution in [0.15, 0.2) is 24.3 Å². The average Bonchev–Trinajstić information content (AvgIpc) is 2.91. The Kier molecular flexibility index (Phi) is 6.85. The molecule has 6 heteroatoms. The van der Waals surface area contributed by atoms with E-state index in [1.807, 2.05) is 19.1 Å². The van der Waals surface area contributed by atoms with Gasteiger partial charge in [0.2, 0.25) is 11.8 Å². The highest BCUT2D eigenvalue weighted by Crippen LogP contribution is 2.21. The molecule has 2 aliphatic heterocycles. The van der Waals surface area contributed by atoms with Crippen molar-refractivity contribution in [1.82, 2.24) is 15.5 Å². The van der Waals surface area contributed by atoms with Crippen LogP contribution < -0.4 is 10.6 Å². The van der Waals surface area contributed by atoms with Gasteiger partial charge < -0.3 is 15.5 Å². The van der Waals surface area contributed by atoms with Gasteiger partial charge in [-0.2, -0.15) is 0 Å². The molecule has 5 nitrogen and oxygen atoms in total. The molecule has 2 saturated heterocycles. The smallest absolute Gasteiger partial charge is 0.225 e. The molecule has 2 N–H and O–H groups in total. The van der Waals surface area contributed by atoms with Crippen molar-refractivity contribution in [1.29, 1.82) is 0 Å². The van der Waals surface area contributed by atoms with Gasteiger partial charge in [-0.25, -0.2) is 0 Å². The summed E-state index contributed by atoms with van der Waals surface area (Å²) in [5, 5.41) is 6.53. The summed E-state index contributed by atoms with van der Waals surface area (Å²) in [5.41, 5.74) is 2.32. The van der Waals surface area contributed by atoms with Gasteiger partial charge in [-0.3, -0.25) is 9.59 Å². The van der Waals surface area contributed by atoms with Gasteiger partial charge in [0.05, 0.1) is 5.92 Å². The van der Waals surface area contributed by atoms with Gasteiger partial charge in [0.25, 0.3) is 0 Å². The second-order valence-corrected chi connectivity index (χ2v) is 7.25. The SMILES string of the molecule is Cc1ccc(CN2CC(C(=O)NC3CCNC(C)C3)CC2=O)cc1.Cl. The van der Waals surface area contributed by atoms with Crippen LogP contribution in [0.2, 0.25) is 0 Å². The van der Waals surface area contributed by atoms with E-state index in [0.29, 0.717) is 25.6 Å². The highest BCUT2D eigenvalue weighted by Gasteiger charge is 2.35. The van der Waals surface area contributed by atoms with Crippen molar-refractivity contribution >= 4 is 24.2 Å². The minimum Gasteiger partial charge on any atom is -0.353 e. The Bertz CT molecular complexity index is 605. The number of hydrogen-bond donors (Lipinski definition) is 2. The molecule has 138 valence electrons. The maximum absolute atomic E-state index is 12.5. The number of aryl methyl sites for hydroxylation is 1. The number of hydrogen-bond acceptors (Lipinski definition) is 3. The van der Waals surface area contributed by atoms with Gasteiger partial charge in [0.15, 0.2) is 0 Å². The second-order valence-electron chi connectivity index (χ2n) is 7.25. The summed E-state index contributed by atoms with van der Waals surface area (Å²) in [4.78, 5) is 26.5. The molecule has 3 rings (SSSR count). The molecule has 3 atom stereocenters. The Morgan fingerprint density at radius 2 is 2.04 bits per heavy atom. The van der Waals surface area contributed by atoms with Crippen LogP contribution in [0.1, 0.15) is 37.3 Å². The van der Waals surface area contributed by atoms with Crippen molar-refractivity contribution in [3.05, 3.63) is 35.4 Å². The lowest BCUT2D eigenvalue weighted by molar-refractivity contribution is -0.129. The zero-order valence-electron chi connectivity index (χ0n) is 15.0. The lowest BCUT2D eigenvalue weighted by atomic mass is 9.99. The van der Waals surface area contributed by atoms with Crippen molar-refractivity contribution in [2.24, 2.45) is 5.92 Å². The molecule has 3 unspecified atom stereocenters. The molecule has 0 bridgehead atoms. The summed E-state index contributed by atoms with van der Waals surface area (Å²) in [6.45, 7) is 6.25. The van der Waals surface area contributed by atoms with E-state index in [9.17, 15) is 9.59 Å². The van der Waals surface area contributed by atoms with E-state index in [4.69, 9.17) is 0 Å². The summed E-state index contributed by atoms with van der Waals surface area (Å²) in [6.07, 6.45) is 2.25. The lowest BCUT2D eigenvalue weighted by Crippen LogP contribution is -2.48. The summed E-state index contributed by atoms with van der Waals surface area (Å²) < 4.78 is 0. The zero-order chi connectivity index (χ0) is 17.1. The summed E-state index contributed by atoms with van der Waals surface area (Å²) in [6, 6.07) is 8.87. The number of likely N-dealkylation sites (tertiary alicyclic amines) is 1. The number of carbonyl (C=O) groups is 2. The fourth-order valence-corrected chi connectivity index (χ4v) is 3.60. The van der Waals surface area contributed by atoms with E-state index in [1.54, 1.807) is 4.90 Å². The van der Waals surface area contributed by atoms with Gasteiger partial charge in [-0.1, -0.05) is 29.8 Å². The third kappa shape index (κ3) is 5.19. The molecule has 0 radical (unpaired) electrons. The monoisotopic (exact) mass is 365 g/mol. The highest BCUT2D eigenvalue weighted by atomic mass is 35.5. The fourth-order valence-electron chi connectivity index (χ4n) is 3.60. The molecule has 25 heavy (non-hydrogen) atoms. The number of amides is 2. The van der Waals surface area contributed by atoms with Crippen molar-refractivity contribution in [2.45, 2.75) is 51.7 Å². The molecular formula is C19H28ClN3O2. The Morgan fingerprint density at radius 1 is 1.32 bits per heavy atom. The minimum atomic E-state index is -0.215. The number of rotatable bonds is 4.